The van der Waals surface area contributed by atoms with Crippen LogP contribution in [-0.2, 0) is 6.54 Å². The Morgan fingerprint density at radius 2 is 1.93 bits per heavy atom. The van der Waals surface area contributed by atoms with E-state index in [1.165, 1.54) is 0 Å². The molecular formula is C21H23N3O3. The van der Waals surface area contributed by atoms with Crippen molar-refractivity contribution in [1.82, 2.24) is 4.57 Å². The molecule has 0 saturated carbocycles. The van der Waals surface area contributed by atoms with Crippen LogP contribution in [0.4, 0.5) is 5.69 Å². The first kappa shape index (κ1) is 18.6. The molecule has 0 unspecified atom stereocenters. The number of fused-ring (bicyclic) bond motifs is 1. The summed E-state index contributed by atoms with van der Waals surface area (Å²) in [5, 5.41) is 19.3. The van der Waals surface area contributed by atoms with Gasteiger partial charge in [0.05, 0.1) is 12.6 Å². The molecule has 0 fully saturated rings. The van der Waals surface area contributed by atoms with Gasteiger partial charge in [0, 0.05) is 17.5 Å². The molecule has 3 rings (SSSR count). The topological polar surface area (TPSA) is 76.2 Å². The summed E-state index contributed by atoms with van der Waals surface area (Å²) in [6.07, 6.45) is 0.906. The van der Waals surface area contributed by atoms with Gasteiger partial charge in [-0.25, -0.2) is 0 Å². The number of carbonyl (C=O) groups excluding carboxylic acids is 1. The van der Waals surface area contributed by atoms with E-state index in [0.717, 1.165) is 11.9 Å². The van der Waals surface area contributed by atoms with E-state index in [1.54, 1.807) is 42.0 Å². The molecule has 0 bridgehead atoms. The number of ether oxygens (including phenoxy) is 1. The fraction of sp³-hybridized carbons (Fsp3) is 0.286. The Morgan fingerprint density at radius 1 is 1.19 bits per heavy atom. The molecule has 3 aromatic rings. The number of azo groups is 1. The van der Waals surface area contributed by atoms with E-state index in [0.29, 0.717) is 29.2 Å². The van der Waals surface area contributed by atoms with Crippen LogP contribution in [0.3, 0.4) is 0 Å². The van der Waals surface area contributed by atoms with Crippen molar-refractivity contribution in [2.24, 2.45) is 16.1 Å². The predicted molar refractivity (Wildman–Crippen MR) is 105 cm³/mol. The molecule has 6 nitrogen and oxygen atoms in total. The third-order valence-corrected chi connectivity index (χ3v) is 4.41. The Morgan fingerprint density at radius 3 is 2.59 bits per heavy atom. The van der Waals surface area contributed by atoms with E-state index in [1.807, 2.05) is 18.2 Å². The van der Waals surface area contributed by atoms with Gasteiger partial charge in [0.1, 0.15) is 5.75 Å². The molecule has 0 aliphatic rings. The highest BCUT2D eigenvalue weighted by Gasteiger charge is 2.18. The van der Waals surface area contributed by atoms with Crippen molar-refractivity contribution in [3.8, 4) is 11.6 Å². The van der Waals surface area contributed by atoms with Crippen LogP contribution < -0.4 is 4.74 Å². The summed E-state index contributed by atoms with van der Waals surface area (Å²) in [6, 6.07) is 14.2. The number of amides is 1. The van der Waals surface area contributed by atoms with Gasteiger partial charge in [-0.15, -0.1) is 10.2 Å². The minimum atomic E-state index is -0.457. The molecule has 27 heavy (non-hydrogen) atoms. The lowest BCUT2D eigenvalue weighted by molar-refractivity contribution is 0.0995. The van der Waals surface area contributed by atoms with Crippen LogP contribution in [0.1, 0.15) is 30.6 Å². The number of aromatic nitrogens is 1. The quantitative estimate of drug-likeness (QED) is 0.600. The Kier molecular flexibility index (Phi) is 5.54. The number of methoxy groups -OCH3 is 1. The minimum Gasteiger partial charge on any atom is -0.497 e. The first-order valence-electron chi connectivity index (χ1n) is 8.91. The van der Waals surface area contributed by atoms with E-state index in [-0.39, 0.29) is 11.6 Å². The molecule has 0 saturated heterocycles. The minimum absolute atomic E-state index is 0.00325. The third-order valence-electron chi connectivity index (χ3n) is 4.41. The summed E-state index contributed by atoms with van der Waals surface area (Å²) in [6.45, 7) is 4.91. The van der Waals surface area contributed by atoms with Crippen LogP contribution in [0.2, 0.25) is 0 Å². The normalized spacial score (nSPS) is 11.6. The summed E-state index contributed by atoms with van der Waals surface area (Å²) in [4.78, 5) is 12.2. The number of nitrogens with zero attached hydrogens (tertiary/aromatic N) is 3. The summed E-state index contributed by atoms with van der Waals surface area (Å²) in [7, 11) is 1.58. The van der Waals surface area contributed by atoms with Crippen molar-refractivity contribution in [3.63, 3.8) is 0 Å². The molecule has 1 heterocycles. The van der Waals surface area contributed by atoms with Crippen molar-refractivity contribution < 1.29 is 14.6 Å². The maximum absolute atomic E-state index is 12.2. The van der Waals surface area contributed by atoms with Gasteiger partial charge < -0.3 is 14.4 Å². The van der Waals surface area contributed by atoms with Gasteiger partial charge in [-0.05, 0) is 42.7 Å². The van der Waals surface area contributed by atoms with Gasteiger partial charge in [0.2, 0.25) is 5.88 Å². The second-order valence-electron chi connectivity index (χ2n) is 6.76. The zero-order valence-electron chi connectivity index (χ0n) is 15.7. The highest BCUT2D eigenvalue weighted by Crippen LogP contribution is 2.40. The Hall–Kier alpha value is -3.15. The Labute approximate surface area is 158 Å². The maximum atomic E-state index is 12.2. The average Bonchev–Trinajstić information content (AvgIpc) is 2.95. The number of aromatic hydroxyl groups is 1. The molecule has 2 aromatic carbocycles. The lowest BCUT2D eigenvalue weighted by Crippen LogP contribution is -2.00. The highest BCUT2D eigenvalue weighted by atomic mass is 16.5. The summed E-state index contributed by atoms with van der Waals surface area (Å²) in [5.41, 5.74) is 1.55. The number of hydrogen-bond donors (Lipinski definition) is 1. The molecule has 1 amide bonds. The zero-order valence-corrected chi connectivity index (χ0v) is 15.7. The van der Waals surface area contributed by atoms with E-state index < -0.39 is 5.91 Å². The fourth-order valence-corrected chi connectivity index (χ4v) is 2.88. The van der Waals surface area contributed by atoms with Gasteiger partial charge in [-0.3, -0.25) is 4.79 Å². The Bertz CT molecular complexity index is 975. The number of benzene rings is 2. The van der Waals surface area contributed by atoms with Gasteiger partial charge >= 0.3 is 0 Å². The fourth-order valence-electron chi connectivity index (χ4n) is 2.88. The van der Waals surface area contributed by atoms with Crippen LogP contribution in [0.25, 0.3) is 10.9 Å². The van der Waals surface area contributed by atoms with Crippen molar-refractivity contribution in [3.05, 3.63) is 54.1 Å². The molecule has 0 aliphatic heterocycles. The molecule has 1 N–H and O–H groups in total. The second kappa shape index (κ2) is 8.03. The van der Waals surface area contributed by atoms with E-state index in [9.17, 15) is 9.90 Å². The number of rotatable bonds is 6. The van der Waals surface area contributed by atoms with Crippen LogP contribution >= 0.6 is 0 Å². The van der Waals surface area contributed by atoms with Crippen LogP contribution in [-0.4, -0.2) is 22.7 Å². The lowest BCUT2D eigenvalue weighted by Gasteiger charge is -2.09. The highest BCUT2D eigenvalue weighted by molar-refractivity contribution is 5.97. The SMILES string of the molecule is COc1ccc2c(c1)c(N=NC(=O)c1ccccc1)c(O)n2CCC(C)C. The summed E-state index contributed by atoms with van der Waals surface area (Å²) in [5.74, 6) is 0.684. The smallest absolute Gasteiger partial charge is 0.295 e. The zero-order chi connectivity index (χ0) is 19.4. The first-order chi connectivity index (χ1) is 13.0. The standard InChI is InChI=1S/C21H23N3O3/c1-14(2)11-12-24-18-10-9-16(27-3)13-17(18)19(21(24)26)22-23-20(25)15-7-5-4-6-8-15/h4-10,13-14,26H,11-12H2,1-3H3. The maximum Gasteiger partial charge on any atom is 0.295 e. The monoisotopic (exact) mass is 365 g/mol. The molecular weight excluding hydrogens is 342 g/mol. The van der Waals surface area contributed by atoms with Crippen molar-refractivity contribution in [1.29, 1.82) is 0 Å². The van der Waals surface area contributed by atoms with E-state index >= 15 is 0 Å². The number of hydrogen-bond acceptors (Lipinski definition) is 4. The third kappa shape index (κ3) is 4.00. The lowest BCUT2D eigenvalue weighted by atomic mass is 10.1. The molecule has 6 heteroatoms. The largest absolute Gasteiger partial charge is 0.497 e. The van der Waals surface area contributed by atoms with Crippen molar-refractivity contribution >= 4 is 22.5 Å². The molecule has 0 radical (unpaired) electrons. The van der Waals surface area contributed by atoms with Crippen LogP contribution in [0.15, 0.2) is 58.8 Å². The molecule has 1 aromatic heterocycles. The van der Waals surface area contributed by atoms with Gasteiger partial charge in [0.15, 0.2) is 5.69 Å². The van der Waals surface area contributed by atoms with Crippen LogP contribution in [0.5, 0.6) is 11.6 Å². The van der Waals surface area contributed by atoms with Crippen LogP contribution in [0, 0.1) is 5.92 Å². The summed E-state index contributed by atoms with van der Waals surface area (Å²) < 4.78 is 7.09. The Balaban J connectivity index is 2.03. The number of aryl methyl sites for hydroxylation is 1. The van der Waals surface area contributed by atoms with Crippen molar-refractivity contribution in [2.75, 3.05) is 7.11 Å². The van der Waals surface area contributed by atoms with Gasteiger partial charge in [-0.1, -0.05) is 32.0 Å². The van der Waals surface area contributed by atoms with Gasteiger partial charge in [0.25, 0.3) is 5.91 Å². The second-order valence-corrected chi connectivity index (χ2v) is 6.76. The molecule has 0 aliphatic carbocycles. The first-order valence-corrected chi connectivity index (χ1v) is 8.91. The van der Waals surface area contributed by atoms with Gasteiger partial charge in [-0.2, -0.15) is 0 Å². The van der Waals surface area contributed by atoms with E-state index in [2.05, 4.69) is 24.1 Å². The average molecular weight is 365 g/mol. The summed E-state index contributed by atoms with van der Waals surface area (Å²) >= 11 is 0. The molecule has 0 spiro atoms. The van der Waals surface area contributed by atoms with Crippen molar-refractivity contribution in [2.45, 2.75) is 26.8 Å². The number of carbonyl (C=O) groups is 1. The molecule has 0 atom stereocenters. The molecule has 140 valence electrons. The predicted octanol–water partition coefficient (Wildman–Crippen LogP) is 5.33. The van der Waals surface area contributed by atoms with E-state index in [4.69, 9.17) is 4.74 Å².